The number of nitrogens with zero attached hydrogens (tertiary/aromatic N) is 1. The van der Waals surface area contributed by atoms with Crippen LogP contribution in [0.5, 0.6) is 0 Å². The second-order valence-electron chi connectivity index (χ2n) is 1.94. The quantitative estimate of drug-likeness (QED) is 0.534. The minimum absolute atomic E-state index is 0.344. The largest absolute Gasteiger partial charge is 0.384 e. The first-order valence-corrected chi connectivity index (χ1v) is 2.97. The topological polar surface area (TPSA) is 94.0 Å². The van der Waals surface area contributed by atoms with Crippen LogP contribution in [0, 0.1) is 0 Å². The first-order valence-electron chi connectivity index (χ1n) is 2.97. The van der Waals surface area contributed by atoms with Gasteiger partial charge in [-0.25, -0.2) is 9.78 Å². The van der Waals surface area contributed by atoms with E-state index in [2.05, 4.69) is 10.3 Å². The van der Waals surface area contributed by atoms with Gasteiger partial charge >= 0.3 is 6.03 Å². The molecule has 0 saturated heterocycles. The van der Waals surface area contributed by atoms with Crippen molar-refractivity contribution < 1.29 is 4.79 Å². The molecule has 0 aliphatic carbocycles. The summed E-state index contributed by atoms with van der Waals surface area (Å²) in [5.41, 5.74) is 10.2. The third-order valence-corrected chi connectivity index (χ3v) is 1.02. The maximum atomic E-state index is 10.3. The molecule has 5 N–H and O–H groups in total. The number of hydrogen-bond acceptors (Lipinski definition) is 3. The van der Waals surface area contributed by atoms with Crippen LogP contribution in [0.3, 0.4) is 0 Å². The highest BCUT2D eigenvalue weighted by molar-refractivity contribution is 5.86. The van der Waals surface area contributed by atoms with Gasteiger partial charge in [-0.1, -0.05) is 6.07 Å². The highest BCUT2D eigenvalue weighted by Gasteiger charge is 1.95. The lowest BCUT2D eigenvalue weighted by atomic mass is 10.4. The van der Waals surface area contributed by atoms with E-state index < -0.39 is 6.03 Å². The molecule has 1 rings (SSSR count). The van der Waals surface area contributed by atoms with E-state index in [4.69, 9.17) is 11.5 Å². The maximum Gasteiger partial charge on any atom is 0.317 e. The van der Waals surface area contributed by atoms with Gasteiger partial charge in [0, 0.05) is 0 Å². The number of rotatable bonds is 1. The number of aromatic nitrogens is 1. The second-order valence-corrected chi connectivity index (χ2v) is 1.94. The van der Waals surface area contributed by atoms with Crippen molar-refractivity contribution >= 4 is 17.7 Å². The summed E-state index contributed by atoms with van der Waals surface area (Å²) in [7, 11) is 0. The van der Waals surface area contributed by atoms with E-state index in [-0.39, 0.29) is 0 Å². The molecular weight excluding hydrogens is 144 g/mol. The van der Waals surface area contributed by atoms with E-state index in [0.29, 0.717) is 11.6 Å². The standard InChI is InChI=1S/C6H8N4O/c7-4-2-1-3-5(9-4)10-6(8)11/h1-3H,(H5,7,8,9,10,11). The van der Waals surface area contributed by atoms with E-state index in [1.54, 1.807) is 18.2 Å². The number of hydrogen-bond donors (Lipinski definition) is 3. The van der Waals surface area contributed by atoms with Crippen molar-refractivity contribution in [3.05, 3.63) is 18.2 Å². The summed E-state index contributed by atoms with van der Waals surface area (Å²) in [5.74, 6) is 0.703. The van der Waals surface area contributed by atoms with Crippen LogP contribution in [0.1, 0.15) is 0 Å². The molecule has 0 atom stereocenters. The van der Waals surface area contributed by atoms with Crippen LogP contribution in [0.15, 0.2) is 18.2 Å². The monoisotopic (exact) mass is 152 g/mol. The molecule has 0 saturated carbocycles. The molecule has 5 heteroatoms. The fourth-order valence-electron chi connectivity index (χ4n) is 0.647. The normalized spacial score (nSPS) is 9.09. The lowest BCUT2D eigenvalue weighted by Gasteiger charge is -1.99. The fraction of sp³-hybridized carbons (Fsp3) is 0. The summed E-state index contributed by atoms with van der Waals surface area (Å²) in [4.78, 5) is 14.1. The van der Waals surface area contributed by atoms with Gasteiger partial charge in [0.2, 0.25) is 0 Å². The van der Waals surface area contributed by atoms with Crippen LogP contribution in [-0.4, -0.2) is 11.0 Å². The molecule has 11 heavy (non-hydrogen) atoms. The van der Waals surface area contributed by atoms with Gasteiger partial charge in [0.1, 0.15) is 11.6 Å². The van der Waals surface area contributed by atoms with Gasteiger partial charge in [0.15, 0.2) is 0 Å². The minimum atomic E-state index is -0.650. The Bertz CT molecular complexity index is 273. The van der Waals surface area contributed by atoms with Gasteiger partial charge < -0.3 is 11.5 Å². The highest BCUT2D eigenvalue weighted by atomic mass is 16.2. The average Bonchev–Trinajstić information content (AvgIpc) is 1.85. The molecule has 0 aliphatic heterocycles. The molecule has 0 aliphatic rings. The zero-order valence-electron chi connectivity index (χ0n) is 5.74. The molecule has 5 nitrogen and oxygen atoms in total. The Labute approximate surface area is 63.4 Å². The fourth-order valence-corrected chi connectivity index (χ4v) is 0.647. The molecule has 1 aromatic rings. The number of nitrogen functional groups attached to an aromatic ring is 1. The van der Waals surface area contributed by atoms with Crippen molar-refractivity contribution in [2.24, 2.45) is 5.73 Å². The first kappa shape index (κ1) is 7.33. The number of urea groups is 1. The van der Waals surface area contributed by atoms with Gasteiger partial charge in [-0.3, -0.25) is 5.32 Å². The Morgan fingerprint density at radius 2 is 2.27 bits per heavy atom. The number of primary amides is 1. The minimum Gasteiger partial charge on any atom is -0.384 e. The highest BCUT2D eigenvalue weighted by Crippen LogP contribution is 2.04. The second kappa shape index (κ2) is 2.87. The van der Waals surface area contributed by atoms with E-state index >= 15 is 0 Å². The van der Waals surface area contributed by atoms with Crippen LogP contribution < -0.4 is 16.8 Å². The molecule has 0 radical (unpaired) electrons. The Kier molecular flexibility index (Phi) is 1.91. The summed E-state index contributed by atoms with van der Waals surface area (Å²) in [5, 5.41) is 2.29. The third kappa shape index (κ3) is 2.13. The lowest BCUT2D eigenvalue weighted by Crippen LogP contribution is -2.20. The number of carbonyl (C=O) groups excluding carboxylic acids is 1. The molecule has 1 aromatic heterocycles. The van der Waals surface area contributed by atoms with Crippen LogP contribution in [0.2, 0.25) is 0 Å². The molecule has 2 amide bonds. The Balaban J connectivity index is 2.79. The Morgan fingerprint density at radius 3 is 2.82 bits per heavy atom. The van der Waals surface area contributed by atoms with E-state index in [9.17, 15) is 4.79 Å². The lowest BCUT2D eigenvalue weighted by molar-refractivity contribution is 0.259. The van der Waals surface area contributed by atoms with Crippen molar-refractivity contribution in [2.45, 2.75) is 0 Å². The molecule has 0 unspecified atom stereocenters. The van der Waals surface area contributed by atoms with Crippen LogP contribution in [-0.2, 0) is 0 Å². The van der Waals surface area contributed by atoms with Crippen LogP contribution in [0.4, 0.5) is 16.4 Å². The Morgan fingerprint density at radius 1 is 1.55 bits per heavy atom. The van der Waals surface area contributed by atoms with Gasteiger partial charge in [-0.05, 0) is 12.1 Å². The van der Waals surface area contributed by atoms with Crippen LogP contribution >= 0.6 is 0 Å². The summed E-state index contributed by atoms with van der Waals surface area (Å²) < 4.78 is 0. The zero-order valence-corrected chi connectivity index (χ0v) is 5.74. The van der Waals surface area contributed by atoms with Crippen molar-refractivity contribution in [3.8, 4) is 0 Å². The molecule has 0 fully saturated rings. The molecule has 1 heterocycles. The number of nitrogens with one attached hydrogen (secondary N) is 1. The smallest absolute Gasteiger partial charge is 0.317 e. The SMILES string of the molecule is NC(=O)Nc1cccc(N)n1. The Hall–Kier alpha value is -1.78. The molecular formula is C6H8N4O. The van der Waals surface area contributed by atoms with Gasteiger partial charge in [0.05, 0.1) is 0 Å². The summed E-state index contributed by atoms with van der Waals surface area (Å²) in [6.45, 7) is 0. The van der Waals surface area contributed by atoms with Crippen molar-refractivity contribution in [2.75, 3.05) is 11.1 Å². The molecule has 0 aromatic carbocycles. The van der Waals surface area contributed by atoms with E-state index in [1.165, 1.54) is 0 Å². The van der Waals surface area contributed by atoms with Gasteiger partial charge in [0.25, 0.3) is 0 Å². The van der Waals surface area contributed by atoms with Gasteiger partial charge in [-0.2, -0.15) is 0 Å². The number of pyridine rings is 1. The van der Waals surface area contributed by atoms with E-state index in [0.717, 1.165) is 0 Å². The third-order valence-electron chi connectivity index (χ3n) is 1.02. The number of anilines is 2. The molecule has 0 bridgehead atoms. The summed E-state index contributed by atoms with van der Waals surface area (Å²) >= 11 is 0. The summed E-state index contributed by atoms with van der Waals surface area (Å²) in [6.07, 6.45) is 0. The number of carbonyl (C=O) groups is 1. The summed E-state index contributed by atoms with van der Waals surface area (Å²) in [6, 6.07) is 4.24. The zero-order chi connectivity index (χ0) is 8.27. The van der Waals surface area contributed by atoms with Crippen molar-refractivity contribution in [1.29, 1.82) is 0 Å². The number of nitrogens with two attached hydrogens (primary N) is 2. The van der Waals surface area contributed by atoms with Crippen molar-refractivity contribution in [3.63, 3.8) is 0 Å². The van der Waals surface area contributed by atoms with Gasteiger partial charge in [-0.15, -0.1) is 0 Å². The predicted molar refractivity (Wildman–Crippen MR) is 41.9 cm³/mol. The van der Waals surface area contributed by atoms with Crippen molar-refractivity contribution in [1.82, 2.24) is 4.98 Å². The average molecular weight is 152 g/mol. The molecule has 0 spiro atoms. The molecule has 58 valence electrons. The number of amides is 2. The van der Waals surface area contributed by atoms with Crippen LogP contribution in [0.25, 0.3) is 0 Å². The predicted octanol–water partition coefficient (Wildman–Crippen LogP) is 0.154. The first-order chi connectivity index (χ1) is 5.18. The van der Waals surface area contributed by atoms with E-state index in [1.807, 2.05) is 0 Å². The maximum absolute atomic E-state index is 10.3.